The lowest BCUT2D eigenvalue weighted by Gasteiger charge is -2.31. The minimum atomic E-state index is -0.879. The quantitative estimate of drug-likeness (QED) is 0.0221. The van der Waals surface area contributed by atoms with Crippen LogP contribution in [0.15, 0.2) is 36.5 Å². The molecule has 0 aromatic carbocycles. The fraction of sp³-hybridized carbons (Fsp3) is 0.800. The summed E-state index contributed by atoms with van der Waals surface area (Å²) in [4.78, 5) is 36.9. The van der Waals surface area contributed by atoms with E-state index in [0.717, 1.165) is 70.6 Å². The highest BCUT2D eigenvalue weighted by atomic mass is 16.6. The highest BCUT2D eigenvalue weighted by molar-refractivity contribution is 5.72. The summed E-state index contributed by atoms with van der Waals surface area (Å²) < 4.78 is 17.2. The van der Waals surface area contributed by atoms with Crippen LogP contribution in [0.2, 0.25) is 0 Å². The standard InChI is InChI=1S/C45H81NO7/c1-6-8-10-12-14-16-18-19-20-21-22-23-24-26-28-30-32-34-36-44(48)53-41(39-51-38-37-42(45(49)50)46(3,4)5)40-52-43(47)35-33-31-29-27-25-17-15-13-11-9-7-2/h13,15,20-23,41-42H,6-12,14,16-19,24-40H2,1-5H3/p+1/b15-13+,21-20+,23-22+. The molecule has 0 aliphatic rings. The van der Waals surface area contributed by atoms with Crippen LogP contribution in [0, 0.1) is 0 Å². The van der Waals surface area contributed by atoms with Gasteiger partial charge in [-0.15, -0.1) is 0 Å². The maximum absolute atomic E-state index is 12.7. The molecule has 53 heavy (non-hydrogen) atoms. The monoisotopic (exact) mass is 749 g/mol. The van der Waals surface area contributed by atoms with Crippen molar-refractivity contribution in [1.29, 1.82) is 0 Å². The normalized spacial score (nSPS) is 13.3. The zero-order chi connectivity index (χ0) is 39.3. The number of carbonyl (C=O) groups is 3. The highest BCUT2D eigenvalue weighted by Gasteiger charge is 2.31. The number of quaternary nitrogens is 1. The van der Waals surface area contributed by atoms with E-state index in [1.165, 1.54) is 77.0 Å². The van der Waals surface area contributed by atoms with Gasteiger partial charge < -0.3 is 23.8 Å². The van der Waals surface area contributed by atoms with Gasteiger partial charge in [-0.05, 0) is 57.8 Å². The Morgan fingerprint density at radius 2 is 1.02 bits per heavy atom. The van der Waals surface area contributed by atoms with Crippen molar-refractivity contribution in [3.63, 3.8) is 0 Å². The van der Waals surface area contributed by atoms with Crippen LogP contribution < -0.4 is 0 Å². The van der Waals surface area contributed by atoms with Gasteiger partial charge in [0.2, 0.25) is 0 Å². The predicted molar refractivity (Wildman–Crippen MR) is 220 cm³/mol. The Bertz CT molecular complexity index is 968. The number of ether oxygens (including phenoxy) is 3. The summed E-state index contributed by atoms with van der Waals surface area (Å²) in [5.74, 6) is -1.50. The number of carboxylic acids is 1. The molecule has 0 bridgehead atoms. The molecule has 2 atom stereocenters. The van der Waals surface area contributed by atoms with Crippen LogP contribution in [0.3, 0.4) is 0 Å². The highest BCUT2D eigenvalue weighted by Crippen LogP contribution is 2.13. The van der Waals surface area contributed by atoms with Crippen LogP contribution in [-0.4, -0.2) is 80.6 Å². The topological polar surface area (TPSA) is 99.1 Å². The summed E-state index contributed by atoms with van der Waals surface area (Å²) in [6.45, 7) is 4.66. The van der Waals surface area contributed by atoms with Crippen LogP contribution in [0.5, 0.6) is 0 Å². The first kappa shape index (κ1) is 50.5. The summed E-state index contributed by atoms with van der Waals surface area (Å²) in [5, 5.41) is 9.60. The van der Waals surface area contributed by atoms with Gasteiger partial charge in [-0.2, -0.15) is 0 Å². The third kappa shape index (κ3) is 35.0. The molecule has 0 saturated heterocycles. The van der Waals surface area contributed by atoms with Crippen LogP contribution in [-0.2, 0) is 28.6 Å². The van der Waals surface area contributed by atoms with E-state index in [2.05, 4.69) is 50.3 Å². The van der Waals surface area contributed by atoms with Crippen molar-refractivity contribution in [3.05, 3.63) is 36.5 Å². The van der Waals surface area contributed by atoms with Gasteiger partial charge in [0.15, 0.2) is 12.1 Å². The fourth-order valence-corrected chi connectivity index (χ4v) is 6.12. The lowest BCUT2D eigenvalue weighted by atomic mass is 10.1. The van der Waals surface area contributed by atoms with Gasteiger partial charge in [-0.3, -0.25) is 9.59 Å². The first-order chi connectivity index (χ1) is 25.6. The number of hydrogen-bond donors (Lipinski definition) is 1. The van der Waals surface area contributed by atoms with E-state index in [4.69, 9.17) is 14.2 Å². The van der Waals surface area contributed by atoms with Gasteiger partial charge >= 0.3 is 17.9 Å². The van der Waals surface area contributed by atoms with Crippen LogP contribution >= 0.6 is 0 Å². The van der Waals surface area contributed by atoms with Crippen LogP contribution in [0.4, 0.5) is 0 Å². The Hall–Kier alpha value is -2.45. The van der Waals surface area contributed by atoms with Gasteiger partial charge in [0.05, 0.1) is 34.4 Å². The van der Waals surface area contributed by atoms with Crippen molar-refractivity contribution in [3.8, 4) is 0 Å². The van der Waals surface area contributed by atoms with Gasteiger partial charge in [-0.1, -0.05) is 140 Å². The molecule has 0 amide bonds. The number of likely N-dealkylation sites (N-methyl/N-ethyl adjacent to an activating group) is 1. The first-order valence-corrected chi connectivity index (χ1v) is 21.5. The first-order valence-electron chi connectivity index (χ1n) is 21.5. The largest absolute Gasteiger partial charge is 0.477 e. The number of unbranched alkanes of at least 4 members (excludes halogenated alkanes) is 19. The van der Waals surface area contributed by atoms with Crippen molar-refractivity contribution in [2.75, 3.05) is 41.0 Å². The van der Waals surface area contributed by atoms with Crippen molar-refractivity contribution < 1.29 is 38.2 Å². The minimum absolute atomic E-state index is 0.0528. The van der Waals surface area contributed by atoms with E-state index in [1.807, 2.05) is 21.1 Å². The second-order valence-corrected chi connectivity index (χ2v) is 15.6. The second-order valence-electron chi connectivity index (χ2n) is 15.6. The molecule has 0 aromatic rings. The average Bonchev–Trinajstić information content (AvgIpc) is 3.11. The Kier molecular flexibility index (Phi) is 34.8. The molecule has 0 aromatic heterocycles. The molecule has 0 spiro atoms. The molecule has 0 saturated carbocycles. The van der Waals surface area contributed by atoms with Gasteiger partial charge in [-0.25, -0.2) is 4.79 Å². The number of aliphatic carboxylic acids is 1. The molecular formula is C45H82NO7+. The molecule has 308 valence electrons. The third-order valence-electron chi connectivity index (χ3n) is 9.54. The summed E-state index contributed by atoms with van der Waals surface area (Å²) in [5.41, 5.74) is 0. The predicted octanol–water partition coefficient (Wildman–Crippen LogP) is 11.5. The zero-order valence-corrected chi connectivity index (χ0v) is 35.0. The van der Waals surface area contributed by atoms with E-state index in [-0.39, 0.29) is 36.2 Å². The molecule has 8 heteroatoms. The molecule has 0 rings (SSSR count). The van der Waals surface area contributed by atoms with Gasteiger partial charge in [0.1, 0.15) is 6.61 Å². The summed E-state index contributed by atoms with van der Waals surface area (Å²) in [7, 11) is 5.51. The average molecular weight is 749 g/mol. The van der Waals surface area contributed by atoms with Crippen LogP contribution in [0.25, 0.3) is 0 Å². The Morgan fingerprint density at radius 1 is 0.566 bits per heavy atom. The maximum Gasteiger partial charge on any atom is 0.362 e. The van der Waals surface area contributed by atoms with E-state index >= 15 is 0 Å². The molecular weight excluding hydrogens is 666 g/mol. The number of rotatable bonds is 38. The summed E-state index contributed by atoms with van der Waals surface area (Å²) in [6.07, 6.45) is 40.4. The number of esters is 2. The molecule has 8 nitrogen and oxygen atoms in total. The van der Waals surface area contributed by atoms with Crippen molar-refractivity contribution in [1.82, 2.24) is 0 Å². The Morgan fingerprint density at radius 3 is 1.53 bits per heavy atom. The summed E-state index contributed by atoms with van der Waals surface area (Å²) in [6, 6.07) is -0.617. The molecule has 2 unspecified atom stereocenters. The lowest BCUT2D eigenvalue weighted by Crippen LogP contribution is -2.50. The number of allylic oxidation sites excluding steroid dienone is 6. The third-order valence-corrected chi connectivity index (χ3v) is 9.54. The van der Waals surface area contributed by atoms with E-state index in [9.17, 15) is 19.5 Å². The molecule has 0 heterocycles. The van der Waals surface area contributed by atoms with E-state index in [1.54, 1.807) is 0 Å². The van der Waals surface area contributed by atoms with Crippen LogP contribution in [0.1, 0.15) is 181 Å². The molecule has 0 radical (unpaired) electrons. The minimum Gasteiger partial charge on any atom is -0.477 e. The van der Waals surface area contributed by atoms with Gasteiger partial charge in [0.25, 0.3) is 0 Å². The second kappa shape index (κ2) is 36.5. The number of carboxylic acid groups (broad SMARTS) is 1. The number of hydrogen-bond acceptors (Lipinski definition) is 6. The SMILES string of the molecule is CCCC/C=C/CCCCCCCC(=O)OCC(COCCC(C(=O)O)[N+](C)(C)C)OC(=O)CCCCCCC/C=C/C=C/CCCCCCCCC. The van der Waals surface area contributed by atoms with E-state index in [0.29, 0.717) is 19.3 Å². The summed E-state index contributed by atoms with van der Waals surface area (Å²) >= 11 is 0. The molecule has 0 fully saturated rings. The lowest BCUT2D eigenvalue weighted by molar-refractivity contribution is -0.887. The Balaban J connectivity index is 4.38. The molecule has 0 aliphatic heterocycles. The maximum atomic E-state index is 12.7. The molecule has 1 N–H and O–H groups in total. The zero-order valence-electron chi connectivity index (χ0n) is 35.0. The number of nitrogens with zero attached hydrogens (tertiary/aromatic N) is 1. The van der Waals surface area contributed by atoms with Crippen molar-refractivity contribution >= 4 is 17.9 Å². The fourth-order valence-electron chi connectivity index (χ4n) is 6.12. The number of carbonyl (C=O) groups excluding carboxylic acids is 2. The van der Waals surface area contributed by atoms with Crippen molar-refractivity contribution in [2.24, 2.45) is 0 Å². The Labute approximate surface area is 325 Å². The van der Waals surface area contributed by atoms with Gasteiger partial charge in [0, 0.05) is 19.3 Å². The molecule has 0 aliphatic carbocycles. The smallest absolute Gasteiger partial charge is 0.362 e. The van der Waals surface area contributed by atoms with E-state index < -0.39 is 18.1 Å². The van der Waals surface area contributed by atoms with Crippen molar-refractivity contribution in [2.45, 2.75) is 193 Å².